The van der Waals surface area contributed by atoms with Crippen molar-refractivity contribution >= 4 is 16.5 Å². The minimum Gasteiger partial charge on any atom is -0.288 e. The molecule has 3 aliphatic carbocycles. The molecule has 2 aromatic carbocycles. The number of nitrogens with one attached hydrogen (secondary N) is 2. The molecule has 0 amide bonds. The molecule has 3 aliphatic rings. The molecule has 0 bridgehead atoms. The maximum Gasteiger partial charge on any atom is 0.196 e. The predicted molar refractivity (Wildman–Crippen MR) is 125 cm³/mol. The molecule has 0 radical (unpaired) electrons. The van der Waals surface area contributed by atoms with Crippen LogP contribution in [0.2, 0.25) is 0 Å². The number of hydrogen-bond donors (Lipinski definition) is 2. The van der Waals surface area contributed by atoms with Gasteiger partial charge in [-0.15, -0.1) is 0 Å². The molecule has 6 nitrogen and oxygen atoms in total. The van der Waals surface area contributed by atoms with Crippen molar-refractivity contribution in [2.24, 2.45) is 10.1 Å². The third-order valence-corrected chi connectivity index (χ3v) is 6.08. The Labute approximate surface area is 184 Å². The van der Waals surface area contributed by atoms with Crippen molar-refractivity contribution in [2.75, 3.05) is 5.43 Å². The van der Waals surface area contributed by atoms with Gasteiger partial charge in [0, 0.05) is 10.8 Å². The van der Waals surface area contributed by atoms with E-state index in [1.165, 1.54) is 6.42 Å². The van der Waals surface area contributed by atoms with Gasteiger partial charge in [-0.2, -0.15) is 5.10 Å². The quantitative estimate of drug-likeness (QED) is 0.494. The van der Waals surface area contributed by atoms with E-state index in [0.29, 0.717) is 31.9 Å². The lowest BCUT2D eigenvalue weighted by molar-refractivity contribution is 0.437. The summed E-state index contributed by atoms with van der Waals surface area (Å²) in [5, 5.41) is 6.91. The first-order valence-corrected chi connectivity index (χ1v) is 11.1. The Kier molecular flexibility index (Phi) is 5.50. The molecule has 2 N–H and O–H groups in total. The summed E-state index contributed by atoms with van der Waals surface area (Å²) in [6, 6.07) is 20.3. The summed E-state index contributed by atoms with van der Waals surface area (Å²) >= 11 is 0. The third-order valence-electron chi connectivity index (χ3n) is 6.08. The molecule has 1 fully saturated rings. The van der Waals surface area contributed by atoms with E-state index < -0.39 is 0 Å². The zero-order valence-corrected chi connectivity index (χ0v) is 17.7. The average Bonchev–Trinajstić information content (AvgIpc) is 2.84. The van der Waals surface area contributed by atoms with Gasteiger partial charge < -0.3 is 0 Å². The van der Waals surface area contributed by atoms with E-state index in [4.69, 9.17) is 4.99 Å². The number of anilines is 1. The predicted octanol–water partition coefficient (Wildman–Crippen LogP) is 2.83. The van der Waals surface area contributed by atoms with Gasteiger partial charge in [0.05, 0.1) is 32.9 Å². The van der Waals surface area contributed by atoms with Crippen molar-refractivity contribution in [3.63, 3.8) is 0 Å². The second-order valence-electron chi connectivity index (χ2n) is 8.19. The summed E-state index contributed by atoms with van der Waals surface area (Å²) in [7, 11) is 0. The fourth-order valence-electron chi connectivity index (χ4n) is 4.47. The molecule has 0 spiro atoms. The van der Waals surface area contributed by atoms with Crippen LogP contribution in [0, 0.1) is 10.4 Å². The van der Waals surface area contributed by atoms with E-state index in [9.17, 15) is 9.59 Å². The lowest BCUT2D eigenvalue weighted by atomic mass is 9.96. The number of rotatable bonds is 4. The summed E-state index contributed by atoms with van der Waals surface area (Å²) in [5.74, 6) is 0. The molecule has 0 aliphatic heterocycles. The molecule has 0 aromatic heterocycles. The number of hydrogen-bond acceptors (Lipinski definition) is 6. The van der Waals surface area contributed by atoms with Crippen LogP contribution >= 0.6 is 0 Å². The van der Waals surface area contributed by atoms with Crippen LogP contribution < -0.4 is 32.5 Å². The van der Waals surface area contributed by atoms with E-state index in [1.54, 1.807) is 30.3 Å². The van der Waals surface area contributed by atoms with Crippen LogP contribution in [0.1, 0.15) is 32.1 Å². The second-order valence-corrected chi connectivity index (χ2v) is 8.19. The molecule has 0 saturated heterocycles. The van der Waals surface area contributed by atoms with E-state index >= 15 is 0 Å². The molecule has 5 rings (SSSR count). The van der Waals surface area contributed by atoms with Gasteiger partial charge in [-0.1, -0.05) is 61.7 Å². The summed E-state index contributed by atoms with van der Waals surface area (Å²) in [6.45, 7) is 0. The van der Waals surface area contributed by atoms with Gasteiger partial charge >= 0.3 is 0 Å². The fourth-order valence-corrected chi connectivity index (χ4v) is 4.47. The summed E-state index contributed by atoms with van der Waals surface area (Å²) < 4.78 is 0. The molecule has 0 heterocycles. The first-order valence-electron chi connectivity index (χ1n) is 11.1. The van der Waals surface area contributed by atoms with Crippen LogP contribution in [-0.4, -0.2) is 6.04 Å². The number of hydrazine groups is 1. The first-order chi connectivity index (χ1) is 15.7. The van der Waals surface area contributed by atoms with E-state index in [0.717, 1.165) is 31.4 Å². The summed E-state index contributed by atoms with van der Waals surface area (Å²) in [6.07, 6.45) is 5.56. The van der Waals surface area contributed by atoms with Gasteiger partial charge in [-0.05, 0) is 37.1 Å². The Bertz CT molecular complexity index is 1550. The van der Waals surface area contributed by atoms with Gasteiger partial charge in [-0.3, -0.25) is 20.0 Å². The fraction of sp³-hybridized carbons (Fsp3) is 0.231. The highest BCUT2D eigenvalue weighted by molar-refractivity contribution is 5.82. The number of nitrogens with zero attached hydrogens (tertiary/aromatic N) is 2. The minimum atomic E-state index is -0.198. The first kappa shape index (κ1) is 20.1. The Morgan fingerprint density at radius 2 is 1.28 bits per heavy atom. The van der Waals surface area contributed by atoms with E-state index in [2.05, 4.69) is 16.1 Å². The Hall–Kier alpha value is -3.80. The number of fused-ring (bicyclic) bond motifs is 1. The molecule has 0 unspecified atom stereocenters. The largest absolute Gasteiger partial charge is 0.288 e. The van der Waals surface area contributed by atoms with E-state index in [1.807, 2.05) is 36.4 Å². The van der Waals surface area contributed by atoms with Crippen LogP contribution in [0.3, 0.4) is 0 Å². The van der Waals surface area contributed by atoms with Crippen molar-refractivity contribution in [1.82, 2.24) is 5.53 Å². The van der Waals surface area contributed by atoms with E-state index in [-0.39, 0.29) is 16.9 Å². The highest BCUT2D eigenvalue weighted by Crippen LogP contribution is 2.19. The smallest absolute Gasteiger partial charge is 0.196 e. The van der Waals surface area contributed by atoms with Gasteiger partial charge in [0.2, 0.25) is 0 Å². The van der Waals surface area contributed by atoms with Gasteiger partial charge in [0.15, 0.2) is 10.9 Å². The van der Waals surface area contributed by atoms with Crippen molar-refractivity contribution in [3.05, 3.63) is 108 Å². The Morgan fingerprint density at radius 1 is 0.688 bits per heavy atom. The zero-order valence-electron chi connectivity index (χ0n) is 17.7. The Balaban J connectivity index is 1.76. The maximum atomic E-state index is 13.5. The number of para-hydroxylation sites is 1. The SMILES string of the molecule is O=c1c2c(=NNNc3ccccc3)ccc(=NC3CCCCC3)c=2c(=O)c2ccccc12. The van der Waals surface area contributed by atoms with Gasteiger partial charge in [0.1, 0.15) is 0 Å². The van der Waals surface area contributed by atoms with Crippen molar-refractivity contribution in [2.45, 2.75) is 38.1 Å². The van der Waals surface area contributed by atoms with Crippen LogP contribution in [-0.2, 0) is 0 Å². The van der Waals surface area contributed by atoms with Gasteiger partial charge in [0.25, 0.3) is 0 Å². The normalized spacial score (nSPS) is 16.0. The van der Waals surface area contributed by atoms with Crippen LogP contribution in [0.15, 0.2) is 86.4 Å². The lowest BCUT2D eigenvalue weighted by Crippen LogP contribution is -2.31. The Morgan fingerprint density at radius 3 is 1.97 bits per heavy atom. The van der Waals surface area contributed by atoms with Crippen molar-refractivity contribution < 1.29 is 0 Å². The van der Waals surface area contributed by atoms with Crippen molar-refractivity contribution in [1.29, 1.82) is 0 Å². The molecule has 2 aromatic rings. The monoisotopic (exact) mass is 424 g/mol. The molecule has 32 heavy (non-hydrogen) atoms. The minimum absolute atomic E-state index is 0.169. The summed E-state index contributed by atoms with van der Waals surface area (Å²) in [5.41, 5.74) is 6.27. The standard InChI is InChI=1S/C26H24N4O2/c31-25-19-13-7-8-14-20(19)26(32)24-22(29-30-28-18-11-5-2-6-12-18)16-15-21(23(24)25)27-17-9-3-1-4-10-17/h2,5-8,11-17,28,30H,1,3-4,9-10H2. The van der Waals surface area contributed by atoms with Crippen LogP contribution in [0.5, 0.6) is 0 Å². The maximum absolute atomic E-state index is 13.5. The highest BCUT2D eigenvalue weighted by atomic mass is 16.1. The number of benzene rings is 2. The second kappa shape index (κ2) is 8.75. The average molecular weight is 425 g/mol. The zero-order chi connectivity index (χ0) is 21.9. The molecular weight excluding hydrogens is 400 g/mol. The molecule has 1 saturated carbocycles. The molecule has 6 heteroatoms. The highest BCUT2D eigenvalue weighted by Gasteiger charge is 2.14. The molecular formula is C26H24N4O2. The molecule has 160 valence electrons. The lowest BCUT2D eigenvalue weighted by Gasteiger charge is -2.17. The third kappa shape index (κ3) is 3.80. The topological polar surface area (TPSA) is 82.9 Å². The van der Waals surface area contributed by atoms with Crippen LogP contribution in [0.4, 0.5) is 5.69 Å². The van der Waals surface area contributed by atoms with Gasteiger partial charge in [-0.25, -0.2) is 5.53 Å². The molecule has 0 atom stereocenters. The summed E-state index contributed by atoms with van der Waals surface area (Å²) in [4.78, 5) is 31.8. The van der Waals surface area contributed by atoms with Crippen LogP contribution in [0.25, 0.3) is 10.8 Å². The van der Waals surface area contributed by atoms with Crippen molar-refractivity contribution in [3.8, 4) is 0 Å².